The van der Waals surface area contributed by atoms with E-state index in [1.165, 1.54) is 5.56 Å². The summed E-state index contributed by atoms with van der Waals surface area (Å²) in [6, 6.07) is 16.7. The largest absolute Gasteiger partial charge is 0.493 e. The Morgan fingerprint density at radius 3 is 2.56 bits per heavy atom. The first kappa shape index (κ1) is 17.5. The highest BCUT2D eigenvalue weighted by atomic mass is 32.2. The lowest BCUT2D eigenvalue weighted by Crippen LogP contribution is -2.15. The molecule has 138 valence electrons. The fourth-order valence-electron chi connectivity index (χ4n) is 3.29. The van der Waals surface area contributed by atoms with Gasteiger partial charge in [0.2, 0.25) is 0 Å². The maximum absolute atomic E-state index is 12.8. The molecule has 0 radical (unpaired) electrons. The lowest BCUT2D eigenvalue weighted by molar-refractivity contribution is 0.357. The number of aryl methyl sites for hydroxylation is 2. The smallest absolute Gasteiger partial charge is 0.263 e. The molecule has 0 bridgehead atoms. The Morgan fingerprint density at radius 1 is 1.00 bits per heavy atom. The molecular formula is C21H20N2O3S. The van der Waals surface area contributed by atoms with E-state index in [2.05, 4.69) is 15.8 Å². The lowest BCUT2D eigenvalue weighted by Gasteiger charge is -2.12. The zero-order valence-corrected chi connectivity index (χ0v) is 16.0. The van der Waals surface area contributed by atoms with Gasteiger partial charge in [0.25, 0.3) is 10.0 Å². The molecule has 4 rings (SSSR count). The standard InChI is InChI=1S/C21H20N2O3S/c1-14-12-16(17-6-8-19-18(13-17)10-11-26-19)7-9-20(14)27(24,25)23-21-5-3-4-15(2)22-21/h3-9,12-13H,10-11H2,1-2H3,(H,22,23). The molecule has 0 saturated carbocycles. The van der Waals surface area contributed by atoms with Crippen LogP contribution in [0.4, 0.5) is 5.82 Å². The third kappa shape index (κ3) is 3.53. The maximum Gasteiger partial charge on any atom is 0.263 e. The monoisotopic (exact) mass is 380 g/mol. The van der Waals surface area contributed by atoms with E-state index in [9.17, 15) is 8.42 Å². The number of rotatable bonds is 4. The SMILES string of the molecule is Cc1cccc(NS(=O)(=O)c2ccc(-c3ccc4c(c3)CCO4)cc2C)n1. The van der Waals surface area contributed by atoms with Gasteiger partial charge in [-0.3, -0.25) is 4.72 Å². The first-order chi connectivity index (χ1) is 12.9. The topological polar surface area (TPSA) is 68.3 Å². The van der Waals surface area contributed by atoms with Crippen LogP contribution in [-0.2, 0) is 16.4 Å². The molecule has 0 saturated heterocycles. The van der Waals surface area contributed by atoms with Crippen LogP contribution < -0.4 is 9.46 Å². The maximum atomic E-state index is 12.8. The van der Waals surface area contributed by atoms with Gasteiger partial charge in [-0.05, 0) is 66.4 Å². The average molecular weight is 380 g/mol. The molecule has 0 atom stereocenters. The molecule has 1 aromatic heterocycles. The van der Waals surface area contributed by atoms with Crippen LogP contribution in [0.1, 0.15) is 16.8 Å². The highest BCUT2D eigenvalue weighted by Crippen LogP contribution is 2.32. The molecule has 2 heterocycles. The second-order valence-corrected chi connectivity index (χ2v) is 8.32. The molecule has 0 spiro atoms. The van der Waals surface area contributed by atoms with E-state index in [1.54, 1.807) is 25.1 Å². The second kappa shape index (κ2) is 6.70. The zero-order chi connectivity index (χ0) is 19.0. The summed E-state index contributed by atoms with van der Waals surface area (Å²) in [6.07, 6.45) is 0.905. The van der Waals surface area contributed by atoms with Crippen molar-refractivity contribution in [3.05, 3.63) is 71.4 Å². The van der Waals surface area contributed by atoms with Crippen molar-refractivity contribution < 1.29 is 13.2 Å². The number of aromatic nitrogens is 1. The number of nitrogens with one attached hydrogen (secondary N) is 1. The van der Waals surface area contributed by atoms with Gasteiger partial charge in [0.15, 0.2) is 0 Å². The number of sulfonamides is 1. The first-order valence-electron chi connectivity index (χ1n) is 8.76. The Bertz CT molecular complexity index is 1120. The number of fused-ring (bicyclic) bond motifs is 1. The highest BCUT2D eigenvalue weighted by molar-refractivity contribution is 7.92. The lowest BCUT2D eigenvalue weighted by atomic mass is 10.0. The van der Waals surface area contributed by atoms with E-state index in [4.69, 9.17) is 4.74 Å². The molecule has 0 aliphatic carbocycles. The first-order valence-corrected chi connectivity index (χ1v) is 10.2. The van der Waals surface area contributed by atoms with E-state index in [0.29, 0.717) is 18.0 Å². The van der Waals surface area contributed by atoms with Gasteiger partial charge >= 0.3 is 0 Å². The quantitative estimate of drug-likeness (QED) is 0.740. The molecule has 0 amide bonds. The van der Waals surface area contributed by atoms with Crippen molar-refractivity contribution in [2.24, 2.45) is 0 Å². The summed E-state index contributed by atoms with van der Waals surface area (Å²) < 4.78 is 33.6. The van der Waals surface area contributed by atoms with Crippen molar-refractivity contribution in [2.75, 3.05) is 11.3 Å². The molecule has 0 fully saturated rings. The van der Waals surface area contributed by atoms with Crippen LogP contribution in [0.5, 0.6) is 5.75 Å². The Kier molecular flexibility index (Phi) is 4.36. The van der Waals surface area contributed by atoms with Crippen LogP contribution in [0.15, 0.2) is 59.5 Å². The molecular weight excluding hydrogens is 360 g/mol. The summed E-state index contributed by atoms with van der Waals surface area (Å²) >= 11 is 0. The zero-order valence-electron chi connectivity index (χ0n) is 15.2. The number of hydrogen-bond donors (Lipinski definition) is 1. The second-order valence-electron chi connectivity index (χ2n) is 6.67. The van der Waals surface area contributed by atoms with Gasteiger partial charge in [-0.25, -0.2) is 13.4 Å². The van der Waals surface area contributed by atoms with Gasteiger partial charge in [-0.2, -0.15) is 0 Å². The van der Waals surface area contributed by atoms with E-state index >= 15 is 0 Å². The minimum Gasteiger partial charge on any atom is -0.493 e. The number of pyridine rings is 1. The average Bonchev–Trinajstić information content (AvgIpc) is 3.08. The van der Waals surface area contributed by atoms with Crippen molar-refractivity contribution >= 4 is 15.8 Å². The van der Waals surface area contributed by atoms with Gasteiger partial charge in [0.1, 0.15) is 11.6 Å². The predicted molar refractivity (Wildman–Crippen MR) is 106 cm³/mol. The molecule has 6 heteroatoms. The van der Waals surface area contributed by atoms with E-state index in [1.807, 2.05) is 37.3 Å². The number of benzene rings is 2. The van der Waals surface area contributed by atoms with Crippen molar-refractivity contribution in [3.8, 4) is 16.9 Å². The molecule has 27 heavy (non-hydrogen) atoms. The number of hydrogen-bond acceptors (Lipinski definition) is 4. The van der Waals surface area contributed by atoms with E-state index in [0.717, 1.165) is 29.0 Å². The summed E-state index contributed by atoms with van der Waals surface area (Å²) in [5.74, 6) is 1.25. The van der Waals surface area contributed by atoms with Gasteiger partial charge in [-0.15, -0.1) is 0 Å². The predicted octanol–water partition coefficient (Wildman–Crippen LogP) is 4.10. The van der Waals surface area contributed by atoms with E-state index < -0.39 is 10.0 Å². The van der Waals surface area contributed by atoms with Gasteiger partial charge < -0.3 is 4.74 Å². The molecule has 1 aliphatic heterocycles. The summed E-state index contributed by atoms with van der Waals surface area (Å²) in [6.45, 7) is 4.34. The van der Waals surface area contributed by atoms with E-state index in [-0.39, 0.29) is 4.90 Å². The van der Waals surface area contributed by atoms with Crippen LogP contribution in [0.3, 0.4) is 0 Å². The number of anilines is 1. The van der Waals surface area contributed by atoms with Crippen molar-refractivity contribution in [1.29, 1.82) is 0 Å². The molecule has 1 N–H and O–H groups in total. The van der Waals surface area contributed by atoms with Crippen LogP contribution in [0, 0.1) is 13.8 Å². The third-order valence-electron chi connectivity index (χ3n) is 4.61. The highest BCUT2D eigenvalue weighted by Gasteiger charge is 2.19. The summed E-state index contributed by atoms with van der Waals surface area (Å²) in [5.41, 5.74) is 4.66. The fraction of sp³-hybridized carbons (Fsp3) is 0.190. The fourth-order valence-corrected chi connectivity index (χ4v) is 4.52. The molecule has 0 unspecified atom stereocenters. The summed E-state index contributed by atoms with van der Waals surface area (Å²) in [7, 11) is -3.70. The Hall–Kier alpha value is -2.86. The molecule has 2 aromatic carbocycles. The van der Waals surface area contributed by atoms with Crippen molar-refractivity contribution in [3.63, 3.8) is 0 Å². The number of ether oxygens (including phenoxy) is 1. The molecule has 1 aliphatic rings. The number of nitrogens with zero attached hydrogens (tertiary/aromatic N) is 1. The Balaban J connectivity index is 1.65. The molecule has 5 nitrogen and oxygen atoms in total. The summed E-state index contributed by atoms with van der Waals surface area (Å²) in [4.78, 5) is 4.46. The minimum atomic E-state index is -3.70. The van der Waals surface area contributed by atoms with Crippen LogP contribution in [-0.4, -0.2) is 20.0 Å². The van der Waals surface area contributed by atoms with Gasteiger partial charge in [0.05, 0.1) is 11.5 Å². The van der Waals surface area contributed by atoms with Crippen molar-refractivity contribution in [1.82, 2.24) is 4.98 Å². The van der Waals surface area contributed by atoms with Crippen LogP contribution in [0.2, 0.25) is 0 Å². The Labute approximate surface area is 159 Å². The van der Waals surface area contributed by atoms with Crippen LogP contribution in [0.25, 0.3) is 11.1 Å². The molecule has 3 aromatic rings. The van der Waals surface area contributed by atoms with Crippen LogP contribution >= 0.6 is 0 Å². The van der Waals surface area contributed by atoms with Gasteiger partial charge in [0, 0.05) is 12.1 Å². The minimum absolute atomic E-state index is 0.249. The summed E-state index contributed by atoms with van der Waals surface area (Å²) in [5, 5.41) is 0. The van der Waals surface area contributed by atoms with Gasteiger partial charge in [-0.1, -0.05) is 24.3 Å². The van der Waals surface area contributed by atoms with Crippen molar-refractivity contribution in [2.45, 2.75) is 25.2 Å². The third-order valence-corrected chi connectivity index (χ3v) is 6.13. The normalized spacial score (nSPS) is 13.1. The Morgan fingerprint density at radius 2 is 1.78 bits per heavy atom.